The fourth-order valence-corrected chi connectivity index (χ4v) is 4.39. The quantitative estimate of drug-likeness (QED) is 0.562. The first kappa shape index (κ1) is 25.4. The van der Waals surface area contributed by atoms with Crippen molar-refractivity contribution in [3.05, 3.63) is 47.2 Å². The Hall–Kier alpha value is -3.70. The van der Waals surface area contributed by atoms with Gasteiger partial charge in [-0.25, -0.2) is 0 Å². The van der Waals surface area contributed by atoms with E-state index in [2.05, 4.69) is 27.8 Å². The number of fused-ring (bicyclic) bond motifs is 3. The van der Waals surface area contributed by atoms with Gasteiger partial charge in [-0.2, -0.15) is 13.2 Å². The number of aromatic nitrogens is 2. The van der Waals surface area contributed by atoms with E-state index in [4.69, 9.17) is 0 Å². The van der Waals surface area contributed by atoms with Crippen LogP contribution in [0.25, 0.3) is 0 Å². The van der Waals surface area contributed by atoms with Crippen molar-refractivity contribution < 1.29 is 27.6 Å². The minimum absolute atomic E-state index is 0.0700. The van der Waals surface area contributed by atoms with E-state index in [1.54, 1.807) is 4.90 Å². The second-order valence-corrected chi connectivity index (χ2v) is 8.78. The van der Waals surface area contributed by atoms with Crippen molar-refractivity contribution in [2.45, 2.75) is 44.8 Å². The van der Waals surface area contributed by atoms with Crippen LogP contribution in [0.5, 0.6) is 0 Å². The van der Waals surface area contributed by atoms with Crippen LogP contribution < -0.4 is 15.5 Å². The molecule has 9 nitrogen and oxygen atoms in total. The van der Waals surface area contributed by atoms with E-state index in [1.807, 2.05) is 0 Å². The van der Waals surface area contributed by atoms with Gasteiger partial charge in [-0.3, -0.25) is 14.4 Å². The molecule has 1 aromatic carbocycles. The summed E-state index contributed by atoms with van der Waals surface area (Å²) < 4.78 is 40.2. The standard InChI is InChI=1S/C24H27F3N6O3/c1-2-3-4-7-10-28-21(34)18-13-17-20(31-30-18)33-12-11-32(14-19(33)22(35)29-17)23(36)15-8-5-6-9-16(15)24(25,26)27/h5-6,8-9,13,19H,2-4,7,10-12,14H2,1H3,(H,28,34)(H,29,35). The highest BCUT2D eigenvalue weighted by molar-refractivity contribution is 6.05. The van der Waals surface area contributed by atoms with Crippen molar-refractivity contribution in [1.29, 1.82) is 0 Å². The molecule has 0 bridgehead atoms. The maximum atomic E-state index is 13.4. The van der Waals surface area contributed by atoms with Crippen LogP contribution >= 0.6 is 0 Å². The SMILES string of the molecule is CCCCCCNC(=O)c1cc2c(nn1)N1CCN(C(=O)c3ccccc3C(F)(F)F)CC1C(=O)N2. The second-order valence-electron chi connectivity index (χ2n) is 8.78. The van der Waals surface area contributed by atoms with E-state index in [0.29, 0.717) is 18.1 Å². The molecule has 3 heterocycles. The third-order valence-electron chi connectivity index (χ3n) is 6.29. The Kier molecular flexibility index (Phi) is 7.41. The molecule has 1 saturated heterocycles. The number of nitrogens with zero attached hydrogens (tertiary/aromatic N) is 4. The van der Waals surface area contributed by atoms with Gasteiger partial charge < -0.3 is 20.4 Å². The van der Waals surface area contributed by atoms with Crippen LogP contribution in [0.3, 0.4) is 0 Å². The first-order valence-corrected chi connectivity index (χ1v) is 11.9. The molecule has 0 aliphatic carbocycles. The summed E-state index contributed by atoms with van der Waals surface area (Å²) in [5.74, 6) is -1.28. The summed E-state index contributed by atoms with van der Waals surface area (Å²) in [6.45, 7) is 2.76. The lowest BCUT2D eigenvalue weighted by molar-refractivity contribution is -0.138. The molecule has 0 spiro atoms. The number of benzene rings is 1. The number of carbonyl (C=O) groups is 3. The van der Waals surface area contributed by atoms with Gasteiger partial charge in [-0.15, -0.1) is 10.2 Å². The molecule has 2 aromatic rings. The molecule has 2 aliphatic rings. The molecule has 1 aromatic heterocycles. The zero-order chi connectivity index (χ0) is 25.9. The summed E-state index contributed by atoms with van der Waals surface area (Å²) in [5.41, 5.74) is -1.08. The highest BCUT2D eigenvalue weighted by Crippen LogP contribution is 2.34. The largest absolute Gasteiger partial charge is 0.417 e. The van der Waals surface area contributed by atoms with Gasteiger partial charge >= 0.3 is 6.18 Å². The minimum atomic E-state index is -4.68. The fourth-order valence-electron chi connectivity index (χ4n) is 4.39. The van der Waals surface area contributed by atoms with Crippen LogP contribution in [0.15, 0.2) is 30.3 Å². The molecule has 36 heavy (non-hydrogen) atoms. The Morgan fingerprint density at radius 3 is 2.67 bits per heavy atom. The summed E-state index contributed by atoms with van der Waals surface area (Å²) in [7, 11) is 0. The zero-order valence-corrected chi connectivity index (χ0v) is 19.8. The lowest BCUT2D eigenvalue weighted by Crippen LogP contribution is -2.61. The van der Waals surface area contributed by atoms with Gasteiger partial charge in [0.05, 0.1) is 23.4 Å². The van der Waals surface area contributed by atoms with Crippen LogP contribution in [-0.2, 0) is 11.0 Å². The highest BCUT2D eigenvalue weighted by atomic mass is 19.4. The van der Waals surface area contributed by atoms with E-state index in [1.165, 1.54) is 23.1 Å². The maximum absolute atomic E-state index is 13.4. The van der Waals surface area contributed by atoms with Crippen molar-refractivity contribution in [2.24, 2.45) is 0 Å². The Balaban J connectivity index is 1.46. The van der Waals surface area contributed by atoms with Gasteiger partial charge in [0.25, 0.3) is 11.8 Å². The van der Waals surface area contributed by atoms with E-state index in [0.717, 1.165) is 37.8 Å². The van der Waals surface area contributed by atoms with Crippen LogP contribution in [0.1, 0.15) is 59.0 Å². The Bertz CT molecular complexity index is 1160. The number of hydrogen-bond acceptors (Lipinski definition) is 6. The lowest BCUT2D eigenvalue weighted by atomic mass is 10.0. The molecule has 3 amide bonds. The molecule has 4 rings (SSSR count). The lowest BCUT2D eigenvalue weighted by Gasteiger charge is -2.44. The first-order valence-electron chi connectivity index (χ1n) is 11.9. The molecule has 1 fully saturated rings. The van der Waals surface area contributed by atoms with Crippen LogP contribution in [-0.4, -0.2) is 65.0 Å². The minimum Gasteiger partial charge on any atom is -0.351 e. The predicted molar refractivity (Wildman–Crippen MR) is 126 cm³/mol. The van der Waals surface area contributed by atoms with Crippen LogP contribution in [0.4, 0.5) is 24.7 Å². The number of anilines is 2. The van der Waals surface area contributed by atoms with E-state index in [-0.39, 0.29) is 25.3 Å². The molecular formula is C24H27F3N6O3. The molecule has 1 unspecified atom stereocenters. The number of alkyl halides is 3. The Labute approximate surface area is 206 Å². The second kappa shape index (κ2) is 10.5. The predicted octanol–water partition coefficient (Wildman–Crippen LogP) is 3.09. The summed E-state index contributed by atoms with van der Waals surface area (Å²) in [6.07, 6.45) is -0.624. The van der Waals surface area contributed by atoms with Gasteiger partial charge in [-0.1, -0.05) is 38.3 Å². The summed E-state index contributed by atoms with van der Waals surface area (Å²) >= 11 is 0. The van der Waals surface area contributed by atoms with E-state index in [9.17, 15) is 27.6 Å². The van der Waals surface area contributed by atoms with Gasteiger partial charge in [-0.05, 0) is 24.6 Å². The topological polar surface area (TPSA) is 108 Å². The van der Waals surface area contributed by atoms with E-state index >= 15 is 0 Å². The zero-order valence-electron chi connectivity index (χ0n) is 19.8. The Morgan fingerprint density at radius 2 is 1.92 bits per heavy atom. The average Bonchev–Trinajstić information content (AvgIpc) is 2.87. The maximum Gasteiger partial charge on any atom is 0.417 e. The molecule has 0 saturated carbocycles. The molecule has 0 radical (unpaired) electrons. The summed E-state index contributed by atoms with van der Waals surface area (Å²) in [5, 5.41) is 13.6. The van der Waals surface area contributed by atoms with Crippen molar-refractivity contribution in [1.82, 2.24) is 20.4 Å². The van der Waals surface area contributed by atoms with Gasteiger partial charge in [0.1, 0.15) is 6.04 Å². The Morgan fingerprint density at radius 1 is 1.14 bits per heavy atom. The van der Waals surface area contributed by atoms with Crippen molar-refractivity contribution in [2.75, 3.05) is 36.4 Å². The highest BCUT2D eigenvalue weighted by Gasteiger charge is 2.42. The number of unbranched alkanes of at least 4 members (excludes halogenated alkanes) is 3. The molecule has 12 heteroatoms. The number of rotatable bonds is 7. The molecule has 1 atom stereocenters. The number of hydrogen-bond donors (Lipinski definition) is 2. The summed E-state index contributed by atoms with van der Waals surface area (Å²) in [4.78, 5) is 41.1. The van der Waals surface area contributed by atoms with Crippen molar-refractivity contribution in [3.8, 4) is 0 Å². The molecule has 2 N–H and O–H groups in total. The van der Waals surface area contributed by atoms with Crippen LogP contribution in [0.2, 0.25) is 0 Å². The number of piperazine rings is 1. The molecule has 2 aliphatic heterocycles. The normalized spacial score (nSPS) is 17.2. The molecule has 192 valence electrons. The third kappa shape index (κ3) is 5.26. The van der Waals surface area contributed by atoms with Gasteiger partial charge in [0.2, 0.25) is 5.91 Å². The van der Waals surface area contributed by atoms with Gasteiger partial charge in [0, 0.05) is 19.6 Å². The third-order valence-corrected chi connectivity index (χ3v) is 6.29. The van der Waals surface area contributed by atoms with Crippen molar-refractivity contribution in [3.63, 3.8) is 0 Å². The summed E-state index contributed by atoms with van der Waals surface area (Å²) in [6, 6.07) is 5.20. The first-order chi connectivity index (χ1) is 17.2. The van der Waals surface area contributed by atoms with E-state index < -0.39 is 41.1 Å². The number of halogens is 3. The van der Waals surface area contributed by atoms with Crippen LogP contribution in [0, 0.1) is 0 Å². The number of nitrogens with one attached hydrogen (secondary N) is 2. The number of amides is 3. The van der Waals surface area contributed by atoms with Crippen molar-refractivity contribution >= 4 is 29.2 Å². The smallest absolute Gasteiger partial charge is 0.351 e. The average molecular weight is 505 g/mol. The molecular weight excluding hydrogens is 477 g/mol. The monoisotopic (exact) mass is 504 g/mol. The number of carbonyl (C=O) groups excluding carboxylic acids is 3. The van der Waals surface area contributed by atoms with Gasteiger partial charge in [0.15, 0.2) is 11.5 Å². The fraction of sp³-hybridized carbons (Fsp3) is 0.458.